The van der Waals surface area contributed by atoms with E-state index in [4.69, 9.17) is 5.73 Å². The number of aromatic nitrogens is 1. The molecule has 16 heavy (non-hydrogen) atoms. The highest BCUT2D eigenvalue weighted by molar-refractivity contribution is 5.86. The van der Waals surface area contributed by atoms with Gasteiger partial charge in [0, 0.05) is 22.6 Å². The van der Waals surface area contributed by atoms with E-state index >= 15 is 0 Å². The van der Waals surface area contributed by atoms with Crippen molar-refractivity contribution < 1.29 is 0 Å². The number of benzene rings is 1. The third-order valence-electron chi connectivity index (χ3n) is 3.64. The quantitative estimate of drug-likeness (QED) is 0.650. The van der Waals surface area contributed by atoms with E-state index in [1.54, 1.807) is 0 Å². The SMILES string of the molecule is Cc1ccc2[nH]c3c(c2c1)C(N)CCCC3. The van der Waals surface area contributed by atoms with E-state index in [9.17, 15) is 0 Å². The molecule has 2 aromatic rings. The van der Waals surface area contributed by atoms with E-state index in [2.05, 4.69) is 30.1 Å². The van der Waals surface area contributed by atoms with Crippen molar-refractivity contribution in [2.24, 2.45) is 5.73 Å². The summed E-state index contributed by atoms with van der Waals surface area (Å²) in [6.45, 7) is 2.14. The Morgan fingerprint density at radius 1 is 1.31 bits per heavy atom. The number of fused-ring (bicyclic) bond motifs is 3. The van der Waals surface area contributed by atoms with Gasteiger partial charge in [0.1, 0.15) is 0 Å². The molecule has 2 nitrogen and oxygen atoms in total. The van der Waals surface area contributed by atoms with Gasteiger partial charge in [0.05, 0.1) is 0 Å². The second-order valence-electron chi connectivity index (χ2n) is 4.92. The molecule has 2 heteroatoms. The van der Waals surface area contributed by atoms with Crippen LogP contribution in [-0.4, -0.2) is 4.98 Å². The van der Waals surface area contributed by atoms with Crippen LogP contribution < -0.4 is 5.73 Å². The molecular formula is C14H18N2. The zero-order chi connectivity index (χ0) is 11.1. The van der Waals surface area contributed by atoms with Gasteiger partial charge in [-0.3, -0.25) is 0 Å². The normalized spacial score (nSPS) is 20.8. The molecule has 0 aliphatic heterocycles. The largest absolute Gasteiger partial charge is 0.358 e. The monoisotopic (exact) mass is 214 g/mol. The number of nitrogens with one attached hydrogen (secondary N) is 1. The summed E-state index contributed by atoms with van der Waals surface area (Å²) in [4.78, 5) is 3.53. The Balaban J connectivity index is 2.28. The molecule has 0 fully saturated rings. The van der Waals surface area contributed by atoms with Crippen LogP contribution in [-0.2, 0) is 6.42 Å². The van der Waals surface area contributed by atoms with E-state index in [-0.39, 0.29) is 6.04 Å². The average Bonchev–Trinajstić information content (AvgIpc) is 2.51. The number of hydrogen-bond donors (Lipinski definition) is 2. The number of hydrogen-bond acceptors (Lipinski definition) is 1. The van der Waals surface area contributed by atoms with Crippen molar-refractivity contribution in [3.63, 3.8) is 0 Å². The average molecular weight is 214 g/mol. The van der Waals surface area contributed by atoms with Crippen molar-refractivity contribution in [1.82, 2.24) is 4.98 Å². The van der Waals surface area contributed by atoms with Gasteiger partial charge in [-0.25, -0.2) is 0 Å². The van der Waals surface area contributed by atoms with E-state index < -0.39 is 0 Å². The summed E-state index contributed by atoms with van der Waals surface area (Å²) in [5, 5.41) is 1.34. The maximum Gasteiger partial charge on any atom is 0.0459 e. The van der Waals surface area contributed by atoms with Crippen molar-refractivity contribution in [1.29, 1.82) is 0 Å². The van der Waals surface area contributed by atoms with Crippen LogP contribution in [0.2, 0.25) is 0 Å². The molecule has 1 aliphatic carbocycles. The molecule has 0 bridgehead atoms. The summed E-state index contributed by atoms with van der Waals surface area (Å²) < 4.78 is 0. The van der Waals surface area contributed by atoms with Crippen molar-refractivity contribution in [2.45, 2.75) is 38.6 Å². The summed E-state index contributed by atoms with van der Waals surface area (Å²) in [5.41, 5.74) is 11.6. The van der Waals surface area contributed by atoms with Crippen LogP contribution in [0.1, 0.15) is 42.1 Å². The molecule has 1 aromatic heterocycles. The molecule has 84 valence electrons. The number of aromatic amines is 1. The molecule has 0 saturated carbocycles. The van der Waals surface area contributed by atoms with Gasteiger partial charge in [0.2, 0.25) is 0 Å². The standard InChI is InChI=1S/C14H18N2/c1-9-6-7-12-10(8-9)14-11(15)4-2-3-5-13(14)16-12/h6-8,11,16H,2-5,15H2,1H3. The molecule has 0 radical (unpaired) electrons. The number of aryl methyl sites for hydroxylation is 2. The minimum Gasteiger partial charge on any atom is -0.358 e. The molecule has 1 unspecified atom stereocenters. The molecule has 1 atom stereocenters. The molecule has 0 amide bonds. The van der Waals surface area contributed by atoms with Crippen LogP contribution in [0.25, 0.3) is 10.9 Å². The predicted octanol–water partition coefficient (Wildman–Crippen LogP) is 3.20. The Hall–Kier alpha value is -1.28. The summed E-state index contributed by atoms with van der Waals surface area (Å²) in [5.74, 6) is 0. The van der Waals surface area contributed by atoms with Gasteiger partial charge in [0.15, 0.2) is 0 Å². The summed E-state index contributed by atoms with van der Waals surface area (Å²) >= 11 is 0. The van der Waals surface area contributed by atoms with Crippen molar-refractivity contribution in [3.05, 3.63) is 35.0 Å². The van der Waals surface area contributed by atoms with E-state index in [1.165, 1.54) is 40.6 Å². The van der Waals surface area contributed by atoms with Gasteiger partial charge in [-0.05, 0) is 43.9 Å². The number of rotatable bonds is 0. The van der Waals surface area contributed by atoms with Crippen LogP contribution >= 0.6 is 0 Å². The second kappa shape index (κ2) is 3.63. The Kier molecular flexibility index (Phi) is 2.25. The lowest BCUT2D eigenvalue weighted by atomic mass is 10.0. The van der Waals surface area contributed by atoms with Gasteiger partial charge in [-0.2, -0.15) is 0 Å². The predicted molar refractivity (Wildman–Crippen MR) is 67.5 cm³/mol. The first-order chi connectivity index (χ1) is 7.75. The Bertz CT molecular complexity index is 525. The van der Waals surface area contributed by atoms with Gasteiger partial charge < -0.3 is 10.7 Å². The highest BCUT2D eigenvalue weighted by atomic mass is 14.8. The van der Waals surface area contributed by atoms with Crippen molar-refractivity contribution in [3.8, 4) is 0 Å². The van der Waals surface area contributed by atoms with Crippen molar-refractivity contribution >= 4 is 10.9 Å². The lowest BCUT2D eigenvalue weighted by molar-refractivity contribution is 0.617. The maximum absolute atomic E-state index is 6.29. The van der Waals surface area contributed by atoms with E-state index in [1.807, 2.05) is 0 Å². The summed E-state index contributed by atoms with van der Waals surface area (Å²) in [7, 11) is 0. The van der Waals surface area contributed by atoms with Crippen LogP contribution in [0.3, 0.4) is 0 Å². The molecule has 3 rings (SSSR count). The third-order valence-corrected chi connectivity index (χ3v) is 3.64. The molecule has 1 aromatic carbocycles. The zero-order valence-electron chi connectivity index (χ0n) is 9.72. The minimum absolute atomic E-state index is 0.216. The van der Waals surface area contributed by atoms with Crippen LogP contribution in [0, 0.1) is 6.92 Å². The highest BCUT2D eigenvalue weighted by Gasteiger charge is 2.20. The van der Waals surface area contributed by atoms with Crippen LogP contribution in [0.4, 0.5) is 0 Å². The number of H-pyrrole nitrogens is 1. The third kappa shape index (κ3) is 1.45. The van der Waals surface area contributed by atoms with E-state index in [0.29, 0.717) is 0 Å². The first-order valence-electron chi connectivity index (χ1n) is 6.12. The maximum atomic E-state index is 6.29. The minimum atomic E-state index is 0.216. The molecule has 1 aliphatic rings. The molecule has 1 heterocycles. The van der Waals surface area contributed by atoms with Gasteiger partial charge in [0.25, 0.3) is 0 Å². The fourth-order valence-electron chi connectivity index (χ4n) is 2.81. The molecular weight excluding hydrogens is 196 g/mol. The summed E-state index contributed by atoms with van der Waals surface area (Å²) in [6, 6.07) is 6.80. The zero-order valence-corrected chi connectivity index (χ0v) is 9.72. The lowest BCUT2D eigenvalue weighted by Crippen LogP contribution is -2.09. The van der Waals surface area contributed by atoms with Gasteiger partial charge in [-0.15, -0.1) is 0 Å². The summed E-state index contributed by atoms with van der Waals surface area (Å²) in [6.07, 6.45) is 4.77. The molecule has 0 spiro atoms. The Morgan fingerprint density at radius 2 is 2.19 bits per heavy atom. The van der Waals surface area contributed by atoms with Gasteiger partial charge >= 0.3 is 0 Å². The Morgan fingerprint density at radius 3 is 3.06 bits per heavy atom. The fraction of sp³-hybridized carbons (Fsp3) is 0.429. The van der Waals surface area contributed by atoms with Crippen LogP contribution in [0.5, 0.6) is 0 Å². The fourth-order valence-corrected chi connectivity index (χ4v) is 2.81. The highest BCUT2D eigenvalue weighted by Crippen LogP contribution is 2.33. The van der Waals surface area contributed by atoms with Gasteiger partial charge in [-0.1, -0.05) is 18.1 Å². The van der Waals surface area contributed by atoms with Crippen LogP contribution in [0.15, 0.2) is 18.2 Å². The number of nitrogens with two attached hydrogens (primary N) is 1. The first kappa shape index (κ1) is 9.91. The first-order valence-corrected chi connectivity index (χ1v) is 6.12. The smallest absolute Gasteiger partial charge is 0.0459 e. The topological polar surface area (TPSA) is 41.8 Å². The molecule has 0 saturated heterocycles. The molecule has 3 N–H and O–H groups in total. The van der Waals surface area contributed by atoms with Crippen molar-refractivity contribution in [2.75, 3.05) is 0 Å². The van der Waals surface area contributed by atoms with E-state index in [0.717, 1.165) is 12.8 Å². The lowest BCUT2D eigenvalue weighted by Gasteiger charge is -2.09. The second-order valence-corrected chi connectivity index (χ2v) is 4.92. The Labute approximate surface area is 95.8 Å².